The van der Waals surface area contributed by atoms with Crippen molar-refractivity contribution >= 4 is 84.2 Å². The average Bonchev–Trinajstić information content (AvgIpc) is 0.722. The van der Waals surface area contributed by atoms with Crippen LogP contribution >= 0.6 is 0 Å². The SMILES string of the molecule is O[Si](O)(O)O.[CaH2].[Eu].[GaH3].[GeH4]. The molecule has 0 aliphatic heterocycles. The molecule has 9 heteroatoms. The van der Waals surface area contributed by atoms with Crippen molar-refractivity contribution in [1.29, 1.82) is 0 Å². The van der Waals surface area contributed by atoms with E-state index in [1.807, 2.05) is 0 Å². The molecule has 0 aliphatic rings. The zero-order valence-corrected chi connectivity index (χ0v) is 6.09. The zero-order chi connectivity index (χ0) is 4.50. The van der Waals surface area contributed by atoms with Gasteiger partial charge >= 0.3 is 84.2 Å². The van der Waals surface area contributed by atoms with Crippen molar-refractivity contribution in [3.05, 3.63) is 0 Å². The molecule has 0 saturated carbocycles. The molecule has 0 saturated heterocycles. The molecular weight excluding hydrogens is 426 g/mol. The molecule has 0 spiro atoms. The third-order valence-corrected chi connectivity index (χ3v) is 0. The van der Waals surface area contributed by atoms with Crippen LogP contribution in [-0.2, 0) is 0 Å². The summed E-state index contributed by atoms with van der Waals surface area (Å²) in [6.07, 6.45) is 0. The number of rotatable bonds is 0. The van der Waals surface area contributed by atoms with E-state index in [-0.39, 0.29) is 125 Å². The Balaban J connectivity index is -0.0000000133. The number of hydrogen-bond acceptors (Lipinski definition) is 4. The summed E-state index contributed by atoms with van der Waals surface area (Å²) < 4.78 is 0. The summed E-state index contributed by atoms with van der Waals surface area (Å²) in [5.74, 6) is 0. The Kier molecular flexibility index (Phi) is 47.4. The van der Waals surface area contributed by atoms with Gasteiger partial charge in [-0.2, -0.15) is 0 Å². The fraction of sp³-hybridized carbons (Fsp3) is 0. The molecule has 4 N–H and O–H groups in total. The second-order valence-electron chi connectivity index (χ2n) is 0.600. The van der Waals surface area contributed by atoms with Crippen LogP contribution < -0.4 is 0 Å². The second-order valence-corrected chi connectivity index (χ2v) is 1.80. The van der Waals surface area contributed by atoms with Gasteiger partial charge in [0.2, 0.25) is 0 Å². The van der Waals surface area contributed by atoms with Crippen LogP contribution in [0.1, 0.15) is 0 Å². The molecule has 1 radical (unpaired) electrons. The van der Waals surface area contributed by atoms with Gasteiger partial charge < -0.3 is 19.2 Å². The van der Waals surface area contributed by atoms with Gasteiger partial charge in [-0.15, -0.1) is 0 Å². The first-order valence-corrected chi connectivity index (χ1v) is 2.68. The molecule has 4 nitrogen and oxygen atoms in total. The van der Waals surface area contributed by atoms with Gasteiger partial charge in [0.05, 0.1) is 0 Å². The van der Waals surface area contributed by atoms with Crippen LogP contribution in [0, 0.1) is 49.4 Å². The van der Waals surface area contributed by atoms with E-state index in [4.69, 9.17) is 19.2 Å². The topological polar surface area (TPSA) is 80.9 Å². The summed E-state index contributed by atoms with van der Waals surface area (Å²) in [6, 6.07) is 0. The normalized spacial score (nSPS) is 6.67. The molecular formula is H13CaEuGaGeO4Si. The third kappa shape index (κ3) is 73.7. The molecule has 0 unspecified atom stereocenters. The van der Waals surface area contributed by atoms with E-state index in [0.717, 1.165) is 0 Å². The van der Waals surface area contributed by atoms with Crippen molar-refractivity contribution in [3.8, 4) is 0 Å². The Labute approximate surface area is 149 Å². The first-order valence-electron chi connectivity index (χ1n) is 0.894. The van der Waals surface area contributed by atoms with Crippen LogP contribution in [-0.4, -0.2) is 103 Å². The zero-order valence-electron chi connectivity index (χ0n) is 2.67. The van der Waals surface area contributed by atoms with E-state index < -0.39 is 9.05 Å². The molecule has 9 heavy (non-hydrogen) atoms. The summed E-state index contributed by atoms with van der Waals surface area (Å²) in [4.78, 5) is 29.3. The monoisotopic (exact) mass is 441 g/mol. The van der Waals surface area contributed by atoms with E-state index in [2.05, 4.69) is 0 Å². The van der Waals surface area contributed by atoms with Crippen molar-refractivity contribution < 1.29 is 68.6 Å². The van der Waals surface area contributed by atoms with Crippen molar-refractivity contribution in [2.24, 2.45) is 0 Å². The predicted molar refractivity (Wildman–Crippen MR) is 44.4 cm³/mol. The van der Waals surface area contributed by atoms with E-state index in [9.17, 15) is 0 Å². The fourth-order valence-electron chi connectivity index (χ4n) is 0. The number of hydrogen-bond donors (Lipinski definition) is 4. The van der Waals surface area contributed by atoms with Gasteiger partial charge in [-0.3, -0.25) is 0 Å². The molecule has 0 aromatic rings. The molecule has 0 amide bonds. The quantitative estimate of drug-likeness (QED) is 0.283. The van der Waals surface area contributed by atoms with Gasteiger partial charge in [0.1, 0.15) is 0 Å². The molecule has 0 aromatic heterocycles. The summed E-state index contributed by atoms with van der Waals surface area (Å²) in [5, 5.41) is 0. The maximum atomic E-state index is 7.33. The van der Waals surface area contributed by atoms with Crippen LogP contribution in [0.4, 0.5) is 0 Å². The first-order chi connectivity index (χ1) is 2.00. The van der Waals surface area contributed by atoms with E-state index in [1.54, 1.807) is 0 Å². The summed E-state index contributed by atoms with van der Waals surface area (Å²) in [5.41, 5.74) is 0. The molecule has 0 heterocycles. The molecule has 0 atom stereocenters. The average molecular weight is 440 g/mol. The van der Waals surface area contributed by atoms with E-state index in [0.29, 0.717) is 0 Å². The Morgan fingerprint density at radius 2 is 0.889 bits per heavy atom. The Morgan fingerprint density at radius 1 is 0.889 bits per heavy atom. The minimum atomic E-state index is -4.61. The van der Waals surface area contributed by atoms with Crippen LogP contribution in [0.25, 0.3) is 0 Å². The van der Waals surface area contributed by atoms with Crippen molar-refractivity contribution in [2.75, 3.05) is 0 Å². The van der Waals surface area contributed by atoms with Gasteiger partial charge in [-0.1, -0.05) is 0 Å². The van der Waals surface area contributed by atoms with E-state index >= 15 is 0 Å². The van der Waals surface area contributed by atoms with Gasteiger partial charge in [0.25, 0.3) is 0 Å². The van der Waals surface area contributed by atoms with Gasteiger partial charge in [0.15, 0.2) is 0 Å². The van der Waals surface area contributed by atoms with Crippen molar-refractivity contribution in [1.82, 2.24) is 0 Å². The standard InChI is InChI=1S/Ca.Eu.Ga.GeH4.H4O4Si.5H/c;;;;1-5(2,3)4;;;;;/h;;;1H4;1-4H;;;;;. The summed E-state index contributed by atoms with van der Waals surface area (Å²) >= 11 is 0. The van der Waals surface area contributed by atoms with Gasteiger partial charge in [-0.05, 0) is 0 Å². The molecule has 0 aromatic carbocycles. The van der Waals surface area contributed by atoms with Crippen molar-refractivity contribution in [2.45, 2.75) is 0 Å². The van der Waals surface area contributed by atoms with Crippen LogP contribution in [0.2, 0.25) is 0 Å². The Bertz CT molecular complexity index is 36.0. The van der Waals surface area contributed by atoms with Gasteiger partial charge in [-0.25, -0.2) is 0 Å². The molecule has 0 aliphatic carbocycles. The minimum absolute atomic E-state index is 0. The van der Waals surface area contributed by atoms with Crippen molar-refractivity contribution in [3.63, 3.8) is 0 Å². The van der Waals surface area contributed by atoms with E-state index in [1.165, 1.54) is 0 Å². The van der Waals surface area contributed by atoms with Gasteiger partial charge in [0, 0.05) is 49.4 Å². The molecule has 57 valence electrons. The maximum absolute atomic E-state index is 7.33. The second kappa shape index (κ2) is 14.6. The Morgan fingerprint density at radius 3 is 0.889 bits per heavy atom. The Hall–Kier alpha value is 4.08. The molecule has 0 rings (SSSR count). The first kappa shape index (κ1) is 29.2. The van der Waals surface area contributed by atoms with Crippen LogP contribution in [0.5, 0.6) is 0 Å². The molecule has 0 fully saturated rings. The predicted octanol–water partition coefficient (Wildman–Crippen LogP) is -6.16. The van der Waals surface area contributed by atoms with Crippen LogP contribution in [0.15, 0.2) is 0 Å². The molecule has 0 bridgehead atoms. The van der Waals surface area contributed by atoms with Crippen LogP contribution in [0.3, 0.4) is 0 Å². The fourth-order valence-corrected chi connectivity index (χ4v) is 0. The summed E-state index contributed by atoms with van der Waals surface area (Å²) in [6.45, 7) is 0. The third-order valence-electron chi connectivity index (χ3n) is 0. The summed E-state index contributed by atoms with van der Waals surface area (Å²) in [7, 11) is -4.61.